The number of aryl methyl sites for hydroxylation is 1. The van der Waals surface area contributed by atoms with Crippen molar-refractivity contribution in [2.24, 2.45) is 0 Å². The SMILES string of the molecule is Cc1cccc(CSCC(=O)NCCSCc2ccccc2)c1. The lowest BCUT2D eigenvalue weighted by Gasteiger charge is -2.06. The van der Waals surface area contributed by atoms with E-state index < -0.39 is 0 Å². The van der Waals surface area contributed by atoms with Crippen LogP contribution in [0.3, 0.4) is 0 Å². The Hall–Kier alpha value is -1.39. The first-order chi connectivity index (χ1) is 11.2. The monoisotopic (exact) mass is 345 g/mol. The number of rotatable bonds is 9. The summed E-state index contributed by atoms with van der Waals surface area (Å²) in [7, 11) is 0. The van der Waals surface area contributed by atoms with E-state index in [9.17, 15) is 4.79 Å². The van der Waals surface area contributed by atoms with E-state index in [1.54, 1.807) is 11.8 Å². The Morgan fingerprint density at radius 3 is 2.48 bits per heavy atom. The first kappa shape index (κ1) is 18.0. The lowest BCUT2D eigenvalue weighted by atomic mass is 10.2. The molecule has 0 unspecified atom stereocenters. The molecule has 23 heavy (non-hydrogen) atoms. The van der Waals surface area contributed by atoms with Crippen molar-refractivity contribution in [3.8, 4) is 0 Å². The van der Waals surface area contributed by atoms with Gasteiger partial charge in [0.05, 0.1) is 5.75 Å². The Kier molecular flexibility index (Phi) is 8.12. The summed E-state index contributed by atoms with van der Waals surface area (Å²) in [6.45, 7) is 2.83. The van der Waals surface area contributed by atoms with E-state index in [0.29, 0.717) is 5.75 Å². The highest BCUT2D eigenvalue weighted by atomic mass is 32.2. The number of nitrogens with one attached hydrogen (secondary N) is 1. The van der Waals surface area contributed by atoms with Gasteiger partial charge in [-0.25, -0.2) is 0 Å². The summed E-state index contributed by atoms with van der Waals surface area (Å²) in [5.74, 6) is 3.49. The molecule has 0 spiro atoms. The molecule has 2 rings (SSSR count). The van der Waals surface area contributed by atoms with Crippen LogP contribution in [0, 0.1) is 6.92 Å². The number of carbonyl (C=O) groups excluding carboxylic acids is 1. The second kappa shape index (κ2) is 10.4. The standard InChI is InChI=1S/C19H23NOS2/c1-16-6-5-9-18(12-16)14-23-15-19(21)20-10-11-22-13-17-7-3-2-4-8-17/h2-9,12H,10-11,13-15H2,1H3,(H,20,21). The second-order valence-corrected chi connectivity index (χ2v) is 7.46. The average Bonchev–Trinajstić information content (AvgIpc) is 2.55. The van der Waals surface area contributed by atoms with Crippen LogP contribution in [0.5, 0.6) is 0 Å². The summed E-state index contributed by atoms with van der Waals surface area (Å²) in [4.78, 5) is 11.8. The van der Waals surface area contributed by atoms with Crippen LogP contribution in [-0.2, 0) is 16.3 Å². The largest absolute Gasteiger partial charge is 0.355 e. The van der Waals surface area contributed by atoms with E-state index in [4.69, 9.17) is 0 Å². The van der Waals surface area contributed by atoms with E-state index >= 15 is 0 Å². The van der Waals surface area contributed by atoms with Gasteiger partial charge in [0.15, 0.2) is 0 Å². The maximum absolute atomic E-state index is 11.8. The zero-order valence-electron chi connectivity index (χ0n) is 13.5. The predicted octanol–water partition coefficient (Wildman–Crippen LogP) is 4.28. The van der Waals surface area contributed by atoms with Gasteiger partial charge in [0.1, 0.15) is 0 Å². The van der Waals surface area contributed by atoms with E-state index in [1.807, 2.05) is 17.8 Å². The third-order valence-corrected chi connectivity index (χ3v) is 5.30. The molecule has 0 saturated heterocycles. The molecule has 4 heteroatoms. The topological polar surface area (TPSA) is 29.1 Å². The van der Waals surface area contributed by atoms with Crippen molar-refractivity contribution in [3.05, 3.63) is 71.3 Å². The third-order valence-electron chi connectivity index (χ3n) is 3.26. The summed E-state index contributed by atoms with van der Waals surface area (Å²) >= 11 is 3.51. The molecule has 1 N–H and O–H groups in total. The van der Waals surface area contributed by atoms with E-state index in [-0.39, 0.29) is 5.91 Å². The second-order valence-electron chi connectivity index (χ2n) is 5.37. The van der Waals surface area contributed by atoms with Crippen LogP contribution in [0.4, 0.5) is 0 Å². The number of hydrogen-bond donors (Lipinski definition) is 1. The maximum atomic E-state index is 11.8. The number of hydrogen-bond acceptors (Lipinski definition) is 3. The van der Waals surface area contributed by atoms with Crippen LogP contribution in [0.25, 0.3) is 0 Å². The molecule has 0 radical (unpaired) electrons. The van der Waals surface area contributed by atoms with E-state index in [0.717, 1.165) is 23.8 Å². The molecule has 0 atom stereocenters. The van der Waals surface area contributed by atoms with Gasteiger partial charge in [-0.15, -0.1) is 11.8 Å². The number of amides is 1. The summed E-state index contributed by atoms with van der Waals surface area (Å²) in [6, 6.07) is 18.8. The van der Waals surface area contributed by atoms with Gasteiger partial charge in [0.25, 0.3) is 0 Å². The summed E-state index contributed by atoms with van der Waals surface area (Å²) in [6.07, 6.45) is 0. The molecule has 1 amide bonds. The fraction of sp³-hybridized carbons (Fsp3) is 0.316. The molecule has 0 saturated carbocycles. The molecule has 2 aromatic rings. The molecule has 0 aromatic heterocycles. The van der Waals surface area contributed by atoms with E-state index in [1.165, 1.54) is 16.7 Å². The summed E-state index contributed by atoms with van der Waals surface area (Å²) in [5, 5.41) is 2.99. The minimum absolute atomic E-state index is 0.128. The smallest absolute Gasteiger partial charge is 0.230 e. The Morgan fingerprint density at radius 1 is 0.957 bits per heavy atom. The molecule has 0 fully saturated rings. The highest BCUT2D eigenvalue weighted by molar-refractivity contribution is 7.99. The zero-order valence-corrected chi connectivity index (χ0v) is 15.1. The molecular weight excluding hydrogens is 322 g/mol. The summed E-state index contributed by atoms with van der Waals surface area (Å²) < 4.78 is 0. The lowest BCUT2D eigenvalue weighted by molar-refractivity contribution is -0.118. The lowest BCUT2D eigenvalue weighted by Crippen LogP contribution is -2.27. The van der Waals surface area contributed by atoms with Crippen LogP contribution in [0.1, 0.15) is 16.7 Å². The van der Waals surface area contributed by atoms with Gasteiger partial charge in [-0.1, -0.05) is 60.2 Å². The number of carbonyl (C=O) groups is 1. The normalized spacial score (nSPS) is 10.5. The van der Waals surface area contributed by atoms with Crippen molar-refractivity contribution in [1.29, 1.82) is 0 Å². The Bertz CT molecular complexity index is 601. The van der Waals surface area contributed by atoms with Gasteiger partial charge >= 0.3 is 0 Å². The van der Waals surface area contributed by atoms with Gasteiger partial charge in [-0.2, -0.15) is 11.8 Å². The molecule has 0 bridgehead atoms. The van der Waals surface area contributed by atoms with Crippen molar-refractivity contribution < 1.29 is 4.79 Å². The first-order valence-electron chi connectivity index (χ1n) is 7.76. The zero-order chi connectivity index (χ0) is 16.3. The van der Waals surface area contributed by atoms with E-state index in [2.05, 4.69) is 60.8 Å². The van der Waals surface area contributed by atoms with Crippen molar-refractivity contribution in [2.75, 3.05) is 18.1 Å². The van der Waals surface area contributed by atoms with Crippen LogP contribution in [0.2, 0.25) is 0 Å². The molecule has 0 aliphatic carbocycles. The Balaban J connectivity index is 1.52. The van der Waals surface area contributed by atoms with Crippen LogP contribution in [0.15, 0.2) is 54.6 Å². The highest BCUT2D eigenvalue weighted by Gasteiger charge is 2.02. The van der Waals surface area contributed by atoms with Crippen LogP contribution in [-0.4, -0.2) is 24.0 Å². The molecule has 2 nitrogen and oxygen atoms in total. The highest BCUT2D eigenvalue weighted by Crippen LogP contribution is 2.13. The third kappa shape index (κ3) is 7.62. The predicted molar refractivity (Wildman–Crippen MR) is 103 cm³/mol. The van der Waals surface area contributed by atoms with Crippen molar-refractivity contribution in [1.82, 2.24) is 5.32 Å². The molecule has 0 aliphatic heterocycles. The Labute approximate surface area is 147 Å². The minimum Gasteiger partial charge on any atom is -0.355 e. The quantitative estimate of drug-likeness (QED) is 0.688. The van der Waals surface area contributed by atoms with Crippen LogP contribution >= 0.6 is 23.5 Å². The van der Waals surface area contributed by atoms with Crippen molar-refractivity contribution in [2.45, 2.75) is 18.4 Å². The van der Waals surface area contributed by atoms with Gasteiger partial charge in [-0.3, -0.25) is 4.79 Å². The number of thioether (sulfide) groups is 2. The van der Waals surface area contributed by atoms with Gasteiger partial charge in [0, 0.05) is 23.8 Å². The average molecular weight is 346 g/mol. The van der Waals surface area contributed by atoms with Crippen LogP contribution < -0.4 is 5.32 Å². The molecule has 2 aromatic carbocycles. The molecule has 0 heterocycles. The van der Waals surface area contributed by atoms with Crippen molar-refractivity contribution >= 4 is 29.4 Å². The maximum Gasteiger partial charge on any atom is 0.230 e. The summed E-state index contributed by atoms with van der Waals surface area (Å²) in [5.41, 5.74) is 3.88. The van der Waals surface area contributed by atoms with Gasteiger partial charge in [-0.05, 0) is 18.1 Å². The fourth-order valence-electron chi connectivity index (χ4n) is 2.14. The van der Waals surface area contributed by atoms with Gasteiger partial charge in [0.2, 0.25) is 5.91 Å². The first-order valence-corrected chi connectivity index (χ1v) is 10.1. The van der Waals surface area contributed by atoms with Crippen molar-refractivity contribution in [3.63, 3.8) is 0 Å². The molecule has 0 aliphatic rings. The fourth-order valence-corrected chi connectivity index (χ4v) is 3.77. The Morgan fingerprint density at radius 2 is 1.70 bits per heavy atom. The minimum atomic E-state index is 0.128. The number of benzene rings is 2. The molecular formula is C19H23NOS2. The van der Waals surface area contributed by atoms with Gasteiger partial charge < -0.3 is 5.32 Å². The molecule has 122 valence electrons.